The van der Waals surface area contributed by atoms with Crippen LogP contribution in [-0.4, -0.2) is 12.0 Å². The summed E-state index contributed by atoms with van der Waals surface area (Å²) in [6.07, 6.45) is -0.652. The summed E-state index contributed by atoms with van der Waals surface area (Å²) in [4.78, 5) is 12.2. The number of carbonyl (C=O) groups is 1. The molecule has 0 unspecified atom stereocenters. The van der Waals surface area contributed by atoms with Crippen molar-refractivity contribution in [2.24, 2.45) is 0 Å². The molecule has 1 N–H and O–H groups in total. The average molecular weight is 324 g/mol. The Kier molecular flexibility index (Phi) is 5.10. The van der Waals surface area contributed by atoms with Crippen molar-refractivity contribution in [3.05, 3.63) is 58.1 Å². The zero-order chi connectivity index (χ0) is 15.4. The quantitative estimate of drug-likeness (QED) is 0.885. The summed E-state index contributed by atoms with van der Waals surface area (Å²) in [5.41, 5.74) is 1.44. The zero-order valence-electron chi connectivity index (χ0n) is 11.7. The smallest absolute Gasteiger partial charge is 0.265 e. The molecule has 1 atom stereocenters. The van der Waals surface area contributed by atoms with Gasteiger partial charge in [-0.3, -0.25) is 4.79 Å². The second kappa shape index (κ2) is 6.83. The molecule has 1 amide bonds. The second-order valence-electron chi connectivity index (χ2n) is 4.64. The summed E-state index contributed by atoms with van der Waals surface area (Å²) in [6.45, 7) is 3.61. The van der Waals surface area contributed by atoms with Crippen molar-refractivity contribution >= 4 is 34.8 Å². The van der Waals surface area contributed by atoms with E-state index in [4.69, 9.17) is 27.9 Å². The average Bonchev–Trinajstić information content (AvgIpc) is 2.45. The minimum absolute atomic E-state index is 0.289. The van der Waals surface area contributed by atoms with Crippen molar-refractivity contribution in [2.45, 2.75) is 20.0 Å². The van der Waals surface area contributed by atoms with Crippen LogP contribution < -0.4 is 10.1 Å². The van der Waals surface area contributed by atoms with Gasteiger partial charge in [0.05, 0.1) is 10.7 Å². The van der Waals surface area contributed by atoms with E-state index in [9.17, 15) is 4.79 Å². The number of ether oxygens (including phenoxy) is 1. The van der Waals surface area contributed by atoms with Crippen molar-refractivity contribution in [2.75, 3.05) is 5.32 Å². The molecule has 0 aromatic heterocycles. The molecule has 0 aliphatic rings. The van der Waals surface area contributed by atoms with Crippen molar-refractivity contribution < 1.29 is 9.53 Å². The van der Waals surface area contributed by atoms with E-state index in [-0.39, 0.29) is 5.91 Å². The molecule has 3 nitrogen and oxygen atoms in total. The zero-order valence-corrected chi connectivity index (χ0v) is 13.2. The van der Waals surface area contributed by atoms with Crippen LogP contribution in [0.5, 0.6) is 5.75 Å². The van der Waals surface area contributed by atoms with Gasteiger partial charge in [0.15, 0.2) is 6.10 Å². The van der Waals surface area contributed by atoms with E-state index in [2.05, 4.69) is 5.32 Å². The molecule has 0 spiro atoms. The van der Waals surface area contributed by atoms with Crippen LogP contribution in [0.3, 0.4) is 0 Å². The van der Waals surface area contributed by atoms with Gasteiger partial charge >= 0.3 is 0 Å². The first-order valence-electron chi connectivity index (χ1n) is 6.45. The molecule has 21 heavy (non-hydrogen) atoms. The Morgan fingerprint density at radius 1 is 1.19 bits per heavy atom. The van der Waals surface area contributed by atoms with Crippen LogP contribution in [0.25, 0.3) is 0 Å². The van der Waals surface area contributed by atoms with E-state index in [1.54, 1.807) is 25.1 Å². The SMILES string of the molecule is Cc1ccccc1O[C@H](C)C(=O)Nc1cc(Cl)ccc1Cl. The molecule has 0 heterocycles. The lowest BCUT2D eigenvalue weighted by Crippen LogP contribution is -2.30. The summed E-state index contributed by atoms with van der Waals surface area (Å²) in [5.74, 6) is 0.389. The van der Waals surface area contributed by atoms with Gasteiger partial charge in [-0.1, -0.05) is 41.4 Å². The third-order valence-electron chi connectivity index (χ3n) is 2.95. The van der Waals surface area contributed by atoms with Crippen LogP contribution in [-0.2, 0) is 4.79 Å². The molecule has 0 aliphatic carbocycles. The van der Waals surface area contributed by atoms with Gasteiger partial charge < -0.3 is 10.1 Å². The maximum absolute atomic E-state index is 12.2. The molecule has 0 radical (unpaired) electrons. The molecule has 110 valence electrons. The number of aryl methyl sites for hydroxylation is 1. The van der Waals surface area contributed by atoms with Crippen LogP contribution >= 0.6 is 23.2 Å². The number of nitrogens with one attached hydrogen (secondary N) is 1. The predicted molar refractivity (Wildman–Crippen MR) is 86.4 cm³/mol. The first-order chi connectivity index (χ1) is 9.97. The van der Waals surface area contributed by atoms with Crippen molar-refractivity contribution in [3.8, 4) is 5.75 Å². The van der Waals surface area contributed by atoms with E-state index >= 15 is 0 Å². The van der Waals surface area contributed by atoms with Gasteiger partial charge in [0, 0.05) is 5.02 Å². The highest BCUT2D eigenvalue weighted by molar-refractivity contribution is 6.35. The summed E-state index contributed by atoms with van der Waals surface area (Å²) in [5, 5.41) is 3.64. The van der Waals surface area contributed by atoms with E-state index in [0.717, 1.165) is 5.56 Å². The lowest BCUT2D eigenvalue weighted by atomic mass is 10.2. The largest absolute Gasteiger partial charge is 0.481 e. The second-order valence-corrected chi connectivity index (χ2v) is 5.48. The van der Waals surface area contributed by atoms with Gasteiger partial charge in [0.1, 0.15) is 5.75 Å². The van der Waals surface area contributed by atoms with Gasteiger partial charge in [-0.2, -0.15) is 0 Å². The molecular formula is C16H15Cl2NO2. The molecule has 0 saturated heterocycles. The van der Waals surface area contributed by atoms with Gasteiger partial charge in [0.25, 0.3) is 5.91 Å². The van der Waals surface area contributed by atoms with Gasteiger partial charge in [0.2, 0.25) is 0 Å². The van der Waals surface area contributed by atoms with Gasteiger partial charge in [-0.25, -0.2) is 0 Å². The molecule has 2 aromatic carbocycles. The van der Waals surface area contributed by atoms with Crippen LogP contribution in [0.4, 0.5) is 5.69 Å². The Labute approximate surface area is 133 Å². The van der Waals surface area contributed by atoms with E-state index in [1.807, 2.05) is 31.2 Å². The topological polar surface area (TPSA) is 38.3 Å². The summed E-state index contributed by atoms with van der Waals surface area (Å²) in [7, 11) is 0. The molecule has 2 aromatic rings. The monoisotopic (exact) mass is 323 g/mol. The fourth-order valence-corrected chi connectivity index (χ4v) is 2.10. The molecule has 0 saturated carbocycles. The lowest BCUT2D eigenvalue weighted by Gasteiger charge is -2.16. The third kappa shape index (κ3) is 4.13. The third-order valence-corrected chi connectivity index (χ3v) is 3.52. The van der Waals surface area contributed by atoms with E-state index < -0.39 is 6.10 Å². The summed E-state index contributed by atoms with van der Waals surface area (Å²) >= 11 is 11.9. The highest BCUT2D eigenvalue weighted by Crippen LogP contribution is 2.26. The first-order valence-corrected chi connectivity index (χ1v) is 7.21. The Balaban J connectivity index is 2.06. The minimum Gasteiger partial charge on any atom is -0.481 e. The molecule has 0 bridgehead atoms. The molecule has 5 heteroatoms. The lowest BCUT2D eigenvalue weighted by molar-refractivity contribution is -0.122. The van der Waals surface area contributed by atoms with Crippen molar-refractivity contribution in [1.82, 2.24) is 0 Å². The van der Waals surface area contributed by atoms with Crippen LogP contribution in [0, 0.1) is 6.92 Å². The number of carbonyl (C=O) groups excluding carboxylic acids is 1. The maximum Gasteiger partial charge on any atom is 0.265 e. The minimum atomic E-state index is -0.652. The Hall–Kier alpha value is -1.71. The number of hydrogen-bond acceptors (Lipinski definition) is 2. The van der Waals surface area contributed by atoms with Gasteiger partial charge in [-0.15, -0.1) is 0 Å². The Morgan fingerprint density at radius 3 is 2.62 bits per heavy atom. The molecule has 0 aliphatic heterocycles. The van der Waals surface area contributed by atoms with Crippen LogP contribution in [0.1, 0.15) is 12.5 Å². The molecule has 0 fully saturated rings. The van der Waals surface area contributed by atoms with E-state index in [1.165, 1.54) is 0 Å². The number of halogens is 2. The Bertz CT molecular complexity index is 658. The number of para-hydroxylation sites is 1. The highest BCUT2D eigenvalue weighted by Gasteiger charge is 2.17. The van der Waals surface area contributed by atoms with Crippen LogP contribution in [0.15, 0.2) is 42.5 Å². The van der Waals surface area contributed by atoms with Gasteiger partial charge in [-0.05, 0) is 43.7 Å². The normalized spacial score (nSPS) is 11.8. The van der Waals surface area contributed by atoms with Crippen LogP contribution in [0.2, 0.25) is 10.0 Å². The number of amides is 1. The first kappa shape index (κ1) is 15.7. The summed E-state index contributed by atoms with van der Waals surface area (Å²) < 4.78 is 5.66. The summed E-state index contributed by atoms with van der Waals surface area (Å²) in [6, 6.07) is 12.4. The van der Waals surface area contributed by atoms with Crippen molar-refractivity contribution in [1.29, 1.82) is 0 Å². The number of benzene rings is 2. The predicted octanol–water partition coefficient (Wildman–Crippen LogP) is 4.71. The standard InChI is InChI=1S/C16H15Cl2NO2/c1-10-5-3-4-6-15(10)21-11(2)16(20)19-14-9-12(17)7-8-13(14)18/h3-9,11H,1-2H3,(H,19,20)/t11-/m1/s1. The molecule has 2 rings (SSSR count). The fraction of sp³-hybridized carbons (Fsp3) is 0.188. The number of rotatable bonds is 4. The molecular weight excluding hydrogens is 309 g/mol. The number of hydrogen-bond donors (Lipinski definition) is 1. The van der Waals surface area contributed by atoms with E-state index in [0.29, 0.717) is 21.5 Å². The Morgan fingerprint density at radius 2 is 1.90 bits per heavy atom. The van der Waals surface area contributed by atoms with Crippen molar-refractivity contribution in [3.63, 3.8) is 0 Å². The number of anilines is 1. The fourth-order valence-electron chi connectivity index (χ4n) is 1.76. The highest BCUT2D eigenvalue weighted by atomic mass is 35.5. The maximum atomic E-state index is 12.2.